The maximum Gasteiger partial charge on any atom is 0.242 e. The van der Waals surface area contributed by atoms with E-state index in [1.54, 1.807) is 0 Å². The first kappa shape index (κ1) is 13.7. The minimum Gasteiger partial charge on any atom is -0.392 e. The summed E-state index contributed by atoms with van der Waals surface area (Å²) in [6, 6.07) is 10.5. The molecule has 1 heterocycles. The monoisotopic (exact) mass is 276 g/mol. The minimum atomic E-state index is -0.614. The fourth-order valence-electron chi connectivity index (χ4n) is 1.66. The second-order valence-corrected chi connectivity index (χ2v) is 5.16. The number of hydrogen-bond acceptors (Lipinski definition) is 4. The van der Waals surface area contributed by atoms with Crippen LogP contribution in [0.15, 0.2) is 41.8 Å². The molecule has 4 nitrogen and oxygen atoms in total. The molecular weight excluding hydrogens is 260 g/mol. The van der Waals surface area contributed by atoms with Crippen LogP contribution in [0.1, 0.15) is 22.0 Å². The summed E-state index contributed by atoms with van der Waals surface area (Å²) in [5.74, 6) is -0.186. The highest BCUT2D eigenvalue weighted by Gasteiger charge is 2.15. The lowest BCUT2D eigenvalue weighted by molar-refractivity contribution is -0.122. The highest BCUT2D eigenvalue weighted by molar-refractivity contribution is 7.10. The Morgan fingerprint density at radius 1 is 1.26 bits per heavy atom. The van der Waals surface area contributed by atoms with Crippen LogP contribution in [0.3, 0.4) is 0 Å². The normalized spacial score (nSPS) is 12.1. The van der Waals surface area contributed by atoms with E-state index in [4.69, 9.17) is 10.8 Å². The second kappa shape index (κ2) is 6.47. The van der Waals surface area contributed by atoms with E-state index in [2.05, 4.69) is 5.32 Å². The molecule has 1 unspecified atom stereocenters. The Labute approximate surface area is 115 Å². The van der Waals surface area contributed by atoms with E-state index >= 15 is 0 Å². The van der Waals surface area contributed by atoms with Crippen LogP contribution in [0.5, 0.6) is 0 Å². The third kappa shape index (κ3) is 3.64. The van der Waals surface area contributed by atoms with Gasteiger partial charge in [0.25, 0.3) is 0 Å². The lowest BCUT2D eigenvalue weighted by atomic mass is 10.1. The van der Waals surface area contributed by atoms with Gasteiger partial charge in [0.1, 0.15) is 6.04 Å². The molecule has 0 radical (unpaired) electrons. The molecule has 0 aliphatic rings. The lowest BCUT2D eigenvalue weighted by Gasteiger charge is -2.11. The van der Waals surface area contributed by atoms with E-state index in [9.17, 15) is 4.79 Å². The van der Waals surface area contributed by atoms with Gasteiger partial charge in [0.15, 0.2) is 0 Å². The van der Waals surface area contributed by atoms with Gasteiger partial charge in [0.2, 0.25) is 5.91 Å². The molecule has 1 amide bonds. The zero-order valence-electron chi connectivity index (χ0n) is 10.4. The summed E-state index contributed by atoms with van der Waals surface area (Å²) in [5, 5.41) is 13.6. The van der Waals surface area contributed by atoms with Crippen molar-refractivity contribution in [2.24, 2.45) is 5.73 Å². The van der Waals surface area contributed by atoms with Crippen molar-refractivity contribution in [3.8, 4) is 0 Å². The third-order valence-electron chi connectivity index (χ3n) is 2.80. The van der Waals surface area contributed by atoms with Gasteiger partial charge in [-0.3, -0.25) is 4.79 Å². The first-order valence-corrected chi connectivity index (χ1v) is 6.84. The summed E-state index contributed by atoms with van der Waals surface area (Å²) in [5.41, 5.74) is 7.69. The van der Waals surface area contributed by atoms with E-state index in [-0.39, 0.29) is 12.5 Å². The Balaban J connectivity index is 1.89. The van der Waals surface area contributed by atoms with Crippen LogP contribution in [-0.4, -0.2) is 11.0 Å². The molecule has 0 spiro atoms. The standard InChI is InChI=1S/C14H16N2O2S/c15-13(12-2-1-7-19-12)14(18)16-8-10-3-5-11(9-17)6-4-10/h1-7,13,17H,8-9,15H2,(H,16,18). The smallest absolute Gasteiger partial charge is 0.242 e. The molecule has 0 aliphatic carbocycles. The van der Waals surface area contributed by atoms with Gasteiger partial charge in [0, 0.05) is 11.4 Å². The molecule has 2 rings (SSSR count). The molecule has 0 saturated heterocycles. The fraction of sp³-hybridized carbons (Fsp3) is 0.214. The molecule has 5 heteroatoms. The molecule has 19 heavy (non-hydrogen) atoms. The van der Waals surface area contributed by atoms with Crippen molar-refractivity contribution in [2.45, 2.75) is 19.2 Å². The average molecular weight is 276 g/mol. The number of aliphatic hydroxyl groups excluding tert-OH is 1. The topological polar surface area (TPSA) is 75.4 Å². The summed E-state index contributed by atoms with van der Waals surface area (Å²) in [7, 11) is 0. The van der Waals surface area contributed by atoms with Gasteiger partial charge in [-0.15, -0.1) is 11.3 Å². The fourth-order valence-corrected chi connectivity index (χ4v) is 2.38. The van der Waals surface area contributed by atoms with E-state index < -0.39 is 6.04 Å². The van der Waals surface area contributed by atoms with Crippen molar-refractivity contribution in [1.82, 2.24) is 5.32 Å². The predicted molar refractivity (Wildman–Crippen MR) is 75.5 cm³/mol. The Hall–Kier alpha value is -1.69. The molecule has 4 N–H and O–H groups in total. The molecule has 0 aliphatic heterocycles. The number of amides is 1. The van der Waals surface area contributed by atoms with E-state index in [0.29, 0.717) is 6.54 Å². The molecule has 2 aromatic rings. The number of nitrogens with two attached hydrogens (primary N) is 1. The molecule has 0 bridgehead atoms. The SMILES string of the molecule is NC(C(=O)NCc1ccc(CO)cc1)c1cccs1. The van der Waals surface area contributed by atoms with Gasteiger partial charge >= 0.3 is 0 Å². The average Bonchev–Trinajstić information content (AvgIpc) is 2.98. The van der Waals surface area contributed by atoms with Gasteiger partial charge in [-0.05, 0) is 22.6 Å². The first-order valence-electron chi connectivity index (χ1n) is 5.96. The van der Waals surface area contributed by atoms with Gasteiger partial charge in [0.05, 0.1) is 6.61 Å². The van der Waals surface area contributed by atoms with Gasteiger partial charge < -0.3 is 16.2 Å². The molecule has 0 fully saturated rings. The number of carbonyl (C=O) groups excluding carboxylic acids is 1. The molecule has 1 aromatic carbocycles. The van der Waals surface area contributed by atoms with E-state index in [0.717, 1.165) is 16.0 Å². The Bertz CT molecular complexity index is 523. The first-order chi connectivity index (χ1) is 9.20. The number of aliphatic hydroxyl groups is 1. The van der Waals surface area contributed by atoms with Crippen molar-refractivity contribution in [2.75, 3.05) is 0 Å². The van der Waals surface area contributed by atoms with Crippen LogP contribution in [-0.2, 0) is 17.9 Å². The summed E-state index contributed by atoms with van der Waals surface area (Å²) in [6.45, 7) is 0.458. The van der Waals surface area contributed by atoms with Crippen LogP contribution in [0.4, 0.5) is 0 Å². The highest BCUT2D eigenvalue weighted by Crippen LogP contribution is 2.16. The van der Waals surface area contributed by atoms with Crippen LogP contribution in [0, 0.1) is 0 Å². The third-order valence-corrected chi connectivity index (χ3v) is 3.76. The summed E-state index contributed by atoms with van der Waals surface area (Å²) in [4.78, 5) is 12.7. The number of nitrogens with one attached hydrogen (secondary N) is 1. The van der Waals surface area contributed by atoms with Crippen LogP contribution < -0.4 is 11.1 Å². The number of hydrogen-bond donors (Lipinski definition) is 3. The molecule has 100 valence electrons. The number of rotatable bonds is 5. The van der Waals surface area contributed by atoms with Crippen molar-refractivity contribution < 1.29 is 9.90 Å². The second-order valence-electron chi connectivity index (χ2n) is 4.19. The van der Waals surface area contributed by atoms with Crippen molar-refractivity contribution in [3.05, 3.63) is 57.8 Å². The van der Waals surface area contributed by atoms with E-state index in [1.807, 2.05) is 41.8 Å². The number of benzene rings is 1. The van der Waals surface area contributed by atoms with Crippen molar-refractivity contribution in [1.29, 1.82) is 0 Å². The summed E-state index contributed by atoms with van der Waals surface area (Å²) < 4.78 is 0. The highest BCUT2D eigenvalue weighted by atomic mass is 32.1. The Kier molecular flexibility index (Phi) is 4.68. The van der Waals surface area contributed by atoms with Crippen LogP contribution >= 0.6 is 11.3 Å². The number of thiophene rings is 1. The Morgan fingerprint density at radius 3 is 2.53 bits per heavy atom. The predicted octanol–water partition coefficient (Wildman–Crippen LogP) is 1.56. The van der Waals surface area contributed by atoms with Gasteiger partial charge in [-0.1, -0.05) is 30.3 Å². The number of carbonyl (C=O) groups is 1. The van der Waals surface area contributed by atoms with Crippen LogP contribution in [0.2, 0.25) is 0 Å². The van der Waals surface area contributed by atoms with Gasteiger partial charge in [-0.2, -0.15) is 0 Å². The molecule has 0 saturated carbocycles. The maximum absolute atomic E-state index is 11.9. The van der Waals surface area contributed by atoms with E-state index in [1.165, 1.54) is 11.3 Å². The van der Waals surface area contributed by atoms with Crippen molar-refractivity contribution in [3.63, 3.8) is 0 Å². The lowest BCUT2D eigenvalue weighted by Crippen LogP contribution is -2.33. The van der Waals surface area contributed by atoms with Crippen molar-refractivity contribution >= 4 is 17.2 Å². The summed E-state index contributed by atoms with van der Waals surface area (Å²) >= 11 is 1.47. The minimum absolute atomic E-state index is 0.0237. The maximum atomic E-state index is 11.9. The molecule has 1 aromatic heterocycles. The molecular formula is C14H16N2O2S. The summed E-state index contributed by atoms with van der Waals surface area (Å²) in [6.07, 6.45) is 0. The van der Waals surface area contributed by atoms with Crippen LogP contribution in [0.25, 0.3) is 0 Å². The Morgan fingerprint density at radius 2 is 1.95 bits per heavy atom. The molecule has 1 atom stereocenters. The largest absolute Gasteiger partial charge is 0.392 e. The zero-order chi connectivity index (χ0) is 13.7. The van der Waals surface area contributed by atoms with Gasteiger partial charge in [-0.25, -0.2) is 0 Å². The zero-order valence-corrected chi connectivity index (χ0v) is 11.2. The quantitative estimate of drug-likeness (QED) is 0.775.